The molecule has 3 aromatic rings. The molecule has 3 amide bonds. The summed E-state index contributed by atoms with van der Waals surface area (Å²) in [5.41, 5.74) is 1.75. The Morgan fingerprint density at radius 2 is 1.61 bits per heavy atom. The third kappa shape index (κ3) is 8.04. The average molecular weight is 466 g/mol. The molecule has 0 aliphatic rings. The number of carbonyl (C=O) groups excluding carboxylic acids is 2. The van der Waals surface area contributed by atoms with Gasteiger partial charge in [0.05, 0.1) is 6.54 Å². The normalized spacial score (nSPS) is 10.6. The molecule has 1 aromatic heterocycles. The molecule has 0 unspecified atom stereocenters. The molecule has 0 aliphatic carbocycles. The van der Waals surface area contributed by atoms with Crippen LogP contribution >= 0.6 is 11.3 Å². The Hall–Kier alpha value is -3.16. The number of hydrogen-bond donors (Lipinski definition) is 1. The lowest BCUT2D eigenvalue weighted by molar-refractivity contribution is -0.133. The van der Waals surface area contributed by atoms with Crippen LogP contribution in [0.1, 0.15) is 21.7 Å². The predicted octanol–water partition coefficient (Wildman–Crippen LogP) is 5.16. The van der Waals surface area contributed by atoms with Crippen LogP contribution in [0.15, 0.2) is 72.8 Å². The first-order valence-corrected chi connectivity index (χ1v) is 11.8. The fraction of sp³-hybridized carbons (Fsp3) is 0.308. The fourth-order valence-electron chi connectivity index (χ4n) is 3.43. The number of nitrogens with one attached hydrogen (secondary N) is 1. The van der Waals surface area contributed by atoms with E-state index in [9.17, 15) is 9.59 Å². The van der Waals surface area contributed by atoms with Crippen LogP contribution in [-0.2, 0) is 22.6 Å². The molecule has 1 heterocycles. The van der Waals surface area contributed by atoms with E-state index >= 15 is 0 Å². The fourth-order valence-corrected chi connectivity index (χ4v) is 4.34. The molecule has 0 atom stereocenters. The van der Waals surface area contributed by atoms with Crippen LogP contribution in [0.5, 0.6) is 0 Å². The van der Waals surface area contributed by atoms with Gasteiger partial charge in [-0.2, -0.15) is 0 Å². The van der Waals surface area contributed by atoms with Crippen molar-refractivity contribution in [3.8, 4) is 0 Å². The molecule has 0 spiro atoms. The highest BCUT2D eigenvalue weighted by Crippen LogP contribution is 2.19. The SMILES string of the molecule is COCCCN(CC(=O)N(Cc1ccccc1)Cc1ccc(C)s1)C(=O)Nc1ccccc1. The molecule has 0 saturated heterocycles. The highest BCUT2D eigenvalue weighted by molar-refractivity contribution is 7.11. The van der Waals surface area contributed by atoms with Crippen molar-refractivity contribution in [1.82, 2.24) is 9.80 Å². The first kappa shape index (κ1) is 24.5. The second kappa shape index (κ2) is 12.8. The van der Waals surface area contributed by atoms with E-state index in [1.165, 1.54) is 4.88 Å². The monoisotopic (exact) mass is 465 g/mol. The second-order valence-corrected chi connectivity index (χ2v) is 9.18. The first-order valence-electron chi connectivity index (χ1n) is 11.0. The number of benzene rings is 2. The van der Waals surface area contributed by atoms with Crippen LogP contribution < -0.4 is 5.32 Å². The van der Waals surface area contributed by atoms with Gasteiger partial charge in [0.2, 0.25) is 5.91 Å². The summed E-state index contributed by atoms with van der Waals surface area (Å²) < 4.78 is 5.15. The number of nitrogens with zero attached hydrogens (tertiary/aromatic N) is 2. The van der Waals surface area contributed by atoms with Gasteiger partial charge < -0.3 is 19.9 Å². The Kier molecular flexibility index (Phi) is 9.47. The first-order chi connectivity index (χ1) is 16.0. The van der Waals surface area contributed by atoms with Crippen LogP contribution in [0, 0.1) is 6.92 Å². The summed E-state index contributed by atoms with van der Waals surface area (Å²) in [4.78, 5) is 32.1. The number of urea groups is 1. The number of carbonyl (C=O) groups is 2. The van der Waals surface area contributed by atoms with Crippen molar-refractivity contribution in [1.29, 1.82) is 0 Å². The van der Waals surface area contributed by atoms with Gasteiger partial charge in [0.25, 0.3) is 0 Å². The third-order valence-corrected chi connectivity index (χ3v) is 6.11. The molecule has 174 valence electrons. The minimum Gasteiger partial charge on any atom is -0.385 e. The molecule has 0 radical (unpaired) electrons. The molecule has 0 aliphatic heterocycles. The largest absolute Gasteiger partial charge is 0.385 e. The van der Waals surface area contributed by atoms with E-state index in [0.717, 1.165) is 10.4 Å². The van der Waals surface area contributed by atoms with Gasteiger partial charge in [0.1, 0.15) is 6.54 Å². The van der Waals surface area contributed by atoms with Crippen molar-refractivity contribution < 1.29 is 14.3 Å². The zero-order valence-electron chi connectivity index (χ0n) is 19.2. The maximum Gasteiger partial charge on any atom is 0.322 e. The van der Waals surface area contributed by atoms with E-state index in [-0.39, 0.29) is 18.5 Å². The molecule has 33 heavy (non-hydrogen) atoms. The highest BCUT2D eigenvalue weighted by atomic mass is 32.1. The summed E-state index contributed by atoms with van der Waals surface area (Å²) in [5, 5.41) is 2.89. The number of para-hydroxylation sites is 1. The number of rotatable bonds is 11. The lowest BCUT2D eigenvalue weighted by Gasteiger charge is -2.28. The van der Waals surface area contributed by atoms with Gasteiger partial charge in [-0.1, -0.05) is 48.5 Å². The third-order valence-electron chi connectivity index (χ3n) is 5.13. The van der Waals surface area contributed by atoms with Gasteiger partial charge in [0, 0.05) is 42.2 Å². The number of aryl methyl sites for hydroxylation is 1. The van der Waals surface area contributed by atoms with E-state index in [1.807, 2.05) is 65.6 Å². The van der Waals surface area contributed by atoms with Gasteiger partial charge in [0.15, 0.2) is 0 Å². The van der Waals surface area contributed by atoms with E-state index in [2.05, 4.69) is 24.4 Å². The number of amides is 3. The van der Waals surface area contributed by atoms with Gasteiger partial charge in [-0.05, 0) is 43.2 Å². The van der Waals surface area contributed by atoms with Crippen LogP contribution in [0.25, 0.3) is 0 Å². The maximum absolute atomic E-state index is 13.4. The average Bonchev–Trinajstić information content (AvgIpc) is 3.24. The van der Waals surface area contributed by atoms with Crippen LogP contribution in [0.3, 0.4) is 0 Å². The highest BCUT2D eigenvalue weighted by Gasteiger charge is 2.22. The van der Waals surface area contributed by atoms with Crippen molar-refractivity contribution in [3.05, 3.63) is 88.1 Å². The van der Waals surface area contributed by atoms with Crippen molar-refractivity contribution in [2.45, 2.75) is 26.4 Å². The second-order valence-electron chi connectivity index (χ2n) is 7.81. The molecule has 2 aromatic carbocycles. The molecule has 0 bridgehead atoms. The number of methoxy groups -OCH3 is 1. The van der Waals surface area contributed by atoms with E-state index in [4.69, 9.17) is 4.74 Å². The van der Waals surface area contributed by atoms with E-state index < -0.39 is 0 Å². The summed E-state index contributed by atoms with van der Waals surface area (Å²) in [7, 11) is 1.63. The zero-order valence-corrected chi connectivity index (χ0v) is 20.0. The number of anilines is 1. The predicted molar refractivity (Wildman–Crippen MR) is 133 cm³/mol. The standard InChI is InChI=1S/C26H31N3O3S/c1-21-14-15-24(33-21)19-29(18-22-10-5-3-6-11-22)25(30)20-28(16-9-17-32-2)26(31)27-23-12-7-4-8-13-23/h3-8,10-15H,9,16-20H2,1-2H3,(H,27,31). The van der Waals surface area contributed by atoms with Crippen LogP contribution in [-0.4, -0.2) is 48.5 Å². The molecule has 1 N–H and O–H groups in total. The molecular formula is C26H31N3O3S. The molecule has 7 heteroatoms. The minimum absolute atomic E-state index is 0.000424. The Bertz CT molecular complexity index is 1010. The topological polar surface area (TPSA) is 61.9 Å². The van der Waals surface area contributed by atoms with Crippen LogP contribution in [0.2, 0.25) is 0 Å². The molecular weight excluding hydrogens is 434 g/mol. The summed E-state index contributed by atoms with van der Waals surface area (Å²) in [5.74, 6) is -0.0921. The van der Waals surface area contributed by atoms with Gasteiger partial charge in [-0.3, -0.25) is 4.79 Å². The van der Waals surface area contributed by atoms with Gasteiger partial charge in [-0.15, -0.1) is 11.3 Å². The number of hydrogen-bond acceptors (Lipinski definition) is 4. The Balaban J connectivity index is 1.74. The number of ether oxygens (including phenoxy) is 1. The summed E-state index contributed by atoms with van der Waals surface area (Å²) in [6.45, 7) is 4.00. The Labute approximate surface area is 199 Å². The van der Waals surface area contributed by atoms with E-state index in [1.54, 1.807) is 23.3 Å². The molecule has 3 rings (SSSR count). The van der Waals surface area contributed by atoms with Crippen LogP contribution in [0.4, 0.5) is 10.5 Å². The van der Waals surface area contributed by atoms with Gasteiger partial charge >= 0.3 is 6.03 Å². The summed E-state index contributed by atoms with van der Waals surface area (Å²) in [6, 6.07) is 23.0. The quantitative estimate of drug-likeness (QED) is 0.398. The summed E-state index contributed by atoms with van der Waals surface area (Å²) >= 11 is 1.68. The Morgan fingerprint density at radius 1 is 0.909 bits per heavy atom. The lowest BCUT2D eigenvalue weighted by Crippen LogP contribution is -2.44. The number of thiophene rings is 1. The smallest absolute Gasteiger partial charge is 0.322 e. The maximum atomic E-state index is 13.4. The zero-order chi connectivity index (χ0) is 23.5. The lowest BCUT2D eigenvalue weighted by atomic mass is 10.2. The van der Waals surface area contributed by atoms with E-state index in [0.29, 0.717) is 38.3 Å². The molecule has 6 nitrogen and oxygen atoms in total. The minimum atomic E-state index is -0.294. The summed E-state index contributed by atoms with van der Waals surface area (Å²) in [6.07, 6.45) is 0.648. The Morgan fingerprint density at radius 3 is 2.24 bits per heavy atom. The van der Waals surface area contributed by atoms with Crippen molar-refractivity contribution >= 4 is 29.0 Å². The van der Waals surface area contributed by atoms with Crippen molar-refractivity contribution in [2.24, 2.45) is 0 Å². The van der Waals surface area contributed by atoms with Crippen molar-refractivity contribution in [2.75, 3.05) is 32.1 Å². The van der Waals surface area contributed by atoms with Crippen molar-refractivity contribution in [3.63, 3.8) is 0 Å². The molecule has 0 saturated carbocycles. The van der Waals surface area contributed by atoms with Gasteiger partial charge in [-0.25, -0.2) is 4.79 Å². The molecule has 0 fully saturated rings.